The summed E-state index contributed by atoms with van der Waals surface area (Å²) in [4.78, 5) is 11.6. The summed E-state index contributed by atoms with van der Waals surface area (Å²) >= 11 is 0. The molecule has 0 bridgehead atoms. The Balaban J connectivity index is 2.18. The van der Waals surface area contributed by atoms with E-state index in [1.807, 2.05) is 6.07 Å². The van der Waals surface area contributed by atoms with Crippen LogP contribution >= 0.6 is 0 Å². The molecule has 20 heavy (non-hydrogen) atoms. The van der Waals surface area contributed by atoms with Gasteiger partial charge in [0.1, 0.15) is 19.3 Å². The van der Waals surface area contributed by atoms with E-state index in [0.29, 0.717) is 43.5 Å². The van der Waals surface area contributed by atoms with Gasteiger partial charge in [0.2, 0.25) is 5.75 Å². The van der Waals surface area contributed by atoms with Gasteiger partial charge in [-0.25, -0.2) is 0 Å². The Bertz CT molecular complexity index is 471. The third-order valence-electron chi connectivity index (χ3n) is 2.93. The second-order valence-electron chi connectivity index (χ2n) is 4.38. The van der Waals surface area contributed by atoms with Crippen molar-refractivity contribution in [1.29, 1.82) is 0 Å². The molecule has 0 amide bonds. The molecular formula is C14H19NO5. The minimum atomic E-state index is -0.706. The predicted octanol–water partition coefficient (Wildman–Crippen LogP) is 0.899. The summed E-state index contributed by atoms with van der Waals surface area (Å²) in [7, 11) is 1.56. The molecule has 110 valence electrons. The van der Waals surface area contributed by atoms with Gasteiger partial charge in [-0.1, -0.05) is 0 Å². The number of carbonyl (C=O) groups is 1. The number of hydrogen-bond acceptors (Lipinski definition) is 6. The largest absolute Gasteiger partial charge is 0.493 e. The molecule has 2 rings (SSSR count). The number of hydrogen-bond donors (Lipinski definition) is 1. The first kappa shape index (κ1) is 14.5. The van der Waals surface area contributed by atoms with E-state index >= 15 is 0 Å². The predicted molar refractivity (Wildman–Crippen MR) is 72.3 cm³/mol. The summed E-state index contributed by atoms with van der Waals surface area (Å²) in [6, 6.07) is 2.91. The van der Waals surface area contributed by atoms with Crippen molar-refractivity contribution in [2.24, 2.45) is 5.73 Å². The van der Waals surface area contributed by atoms with E-state index in [-0.39, 0.29) is 0 Å². The maximum atomic E-state index is 11.6. The summed E-state index contributed by atoms with van der Waals surface area (Å²) < 4.78 is 21.2. The van der Waals surface area contributed by atoms with Crippen LogP contribution in [0.3, 0.4) is 0 Å². The third kappa shape index (κ3) is 3.14. The number of fused-ring (bicyclic) bond motifs is 1. The van der Waals surface area contributed by atoms with Crippen molar-refractivity contribution in [3.8, 4) is 17.2 Å². The second kappa shape index (κ2) is 6.47. The number of rotatable bonds is 5. The highest BCUT2D eigenvalue weighted by atomic mass is 16.6. The Kier molecular flexibility index (Phi) is 4.68. The van der Waals surface area contributed by atoms with Crippen LogP contribution in [-0.4, -0.2) is 38.9 Å². The van der Waals surface area contributed by atoms with E-state index in [1.54, 1.807) is 20.1 Å². The highest BCUT2D eigenvalue weighted by Gasteiger charge is 2.21. The molecule has 1 aromatic carbocycles. The molecule has 1 atom stereocenters. The Morgan fingerprint density at radius 3 is 2.85 bits per heavy atom. The van der Waals surface area contributed by atoms with Crippen LogP contribution in [0.2, 0.25) is 0 Å². The van der Waals surface area contributed by atoms with Gasteiger partial charge in [0.05, 0.1) is 13.7 Å². The summed E-state index contributed by atoms with van der Waals surface area (Å²) in [5, 5.41) is 0. The van der Waals surface area contributed by atoms with E-state index in [4.69, 9.17) is 24.7 Å². The molecule has 0 spiro atoms. The zero-order chi connectivity index (χ0) is 14.5. The molecule has 0 saturated heterocycles. The van der Waals surface area contributed by atoms with Crippen molar-refractivity contribution in [2.75, 3.05) is 26.9 Å². The summed E-state index contributed by atoms with van der Waals surface area (Å²) in [6.07, 6.45) is 0.353. The van der Waals surface area contributed by atoms with Gasteiger partial charge < -0.3 is 24.7 Å². The standard InChI is InChI=1S/C14H19NO5/c1-3-18-14(16)10(15)6-9-7-11(17-2)13-12(8-9)19-4-5-20-13/h7-8,10H,3-6,15H2,1-2H3. The van der Waals surface area contributed by atoms with E-state index in [0.717, 1.165) is 5.56 Å². The van der Waals surface area contributed by atoms with Crippen LogP contribution in [0.15, 0.2) is 12.1 Å². The number of carbonyl (C=O) groups excluding carboxylic acids is 1. The van der Waals surface area contributed by atoms with Crippen molar-refractivity contribution in [3.63, 3.8) is 0 Å². The summed E-state index contributed by atoms with van der Waals surface area (Å²) in [5.41, 5.74) is 6.65. The Hall–Kier alpha value is -1.95. The SMILES string of the molecule is CCOC(=O)C(N)Cc1cc(OC)c2c(c1)OCCO2. The van der Waals surface area contributed by atoms with Crippen LogP contribution in [-0.2, 0) is 16.0 Å². The average molecular weight is 281 g/mol. The van der Waals surface area contributed by atoms with Crippen molar-refractivity contribution < 1.29 is 23.7 Å². The maximum Gasteiger partial charge on any atom is 0.323 e. The van der Waals surface area contributed by atoms with Gasteiger partial charge in [0, 0.05) is 0 Å². The van der Waals surface area contributed by atoms with E-state index < -0.39 is 12.0 Å². The molecule has 1 aliphatic heterocycles. The van der Waals surface area contributed by atoms with Gasteiger partial charge in [0.25, 0.3) is 0 Å². The number of esters is 1. The monoisotopic (exact) mass is 281 g/mol. The number of nitrogens with two attached hydrogens (primary N) is 1. The lowest BCUT2D eigenvalue weighted by Gasteiger charge is -2.22. The average Bonchev–Trinajstić information content (AvgIpc) is 2.46. The molecule has 0 saturated carbocycles. The number of benzene rings is 1. The minimum absolute atomic E-state index is 0.316. The van der Waals surface area contributed by atoms with Crippen LogP contribution in [0.5, 0.6) is 17.2 Å². The van der Waals surface area contributed by atoms with Gasteiger partial charge in [-0.2, -0.15) is 0 Å². The zero-order valence-corrected chi connectivity index (χ0v) is 11.7. The molecule has 1 unspecified atom stereocenters. The topological polar surface area (TPSA) is 80.0 Å². The highest BCUT2D eigenvalue weighted by Crippen LogP contribution is 2.40. The molecule has 6 heteroatoms. The Morgan fingerprint density at radius 2 is 2.15 bits per heavy atom. The van der Waals surface area contributed by atoms with Crippen molar-refractivity contribution in [1.82, 2.24) is 0 Å². The molecule has 1 aromatic rings. The quantitative estimate of drug-likeness (QED) is 0.808. The van der Waals surface area contributed by atoms with Gasteiger partial charge in [0.15, 0.2) is 11.5 Å². The normalized spacial score (nSPS) is 14.6. The maximum absolute atomic E-state index is 11.6. The molecule has 0 aromatic heterocycles. The fourth-order valence-electron chi connectivity index (χ4n) is 2.03. The van der Waals surface area contributed by atoms with Gasteiger partial charge in [-0.05, 0) is 31.0 Å². The minimum Gasteiger partial charge on any atom is -0.493 e. The molecule has 2 N–H and O–H groups in total. The molecule has 0 aliphatic carbocycles. The number of methoxy groups -OCH3 is 1. The molecular weight excluding hydrogens is 262 g/mol. The molecule has 0 fully saturated rings. The lowest BCUT2D eigenvalue weighted by molar-refractivity contribution is -0.144. The fraction of sp³-hybridized carbons (Fsp3) is 0.500. The van der Waals surface area contributed by atoms with Crippen molar-refractivity contribution >= 4 is 5.97 Å². The first-order valence-corrected chi connectivity index (χ1v) is 6.54. The van der Waals surface area contributed by atoms with E-state index in [9.17, 15) is 4.79 Å². The molecule has 1 heterocycles. The third-order valence-corrected chi connectivity index (χ3v) is 2.93. The first-order chi connectivity index (χ1) is 9.65. The van der Waals surface area contributed by atoms with Crippen LogP contribution in [0.4, 0.5) is 0 Å². The van der Waals surface area contributed by atoms with Gasteiger partial charge in [-0.3, -0.25) is 4.79 Å². The van der Waals surface area contributed by atoms with Crippen LogP contribution in [0, 0.1) is 0 Å². The second-order valence-corrected chi connectivity index (χ2v) is 4.38. The van der Waals surface area contributed by atoms with Crippen LogP contribution in [0.1, 0.15) is 12.5 Å². The highest BCUT2D eigenvalue weighted by molar-refractivity contribution is 5.76. The lowest BCUT2D eigenvalue weighted by atomic mass is 10.1. The smallest absolute Gasteiger partial charge is 0.323 e. The summed E-state index contributed by atoms with van der Waals surface area (Å²) in [6.45, 7) is 3.04. The van der Waals surface area contributed by atoms with Gasteiger partial charge >= 0.3 is 5.97 Å². The molecule has 0 radical (unpaired) electrons. The first-order valence-electron chi connectivity index (χ1n) is 6.54. The van der Waals surface area contributed by atoms with Crippen LogP contribution < -0.4 is 19.9 Å². The fourth-order valence-corrected chi connectivity index (χ4v) is 2.03. The van der Waals surface area contributed by atoms with E-state index in [2.05, 4.69) is 0 Å². The Labute approximate surface area is 117 Å². The van der Waals surface area contributed by atoms with Gasteiger partial charge in [-0.15, -0.1) is 0 Å². The Morgan fingerprint density at radius 1 is 1.40 bits per heavy atom. The van der Waals surface area contributed by atoms with Crippen molar-refractivity contribution in [2.45, 2.75) is 19.4 Å². The lowest BCUT2D eigenvalue weighted by Crippen LogP contribution is -2.34. The van der Waals surface area contributed by atoms with Crippen molar-refractivity contribution in [3.05, 3.63) is 17.7 Å². The molecule has 1 aliphatic rings. The van der Waals surface area contributed by atoms with E-state index in [1.165, 1.54) is 0 Å². The number of ether oxygens (including phenoxy) is 4. The van der Waals surface area contributed by atoms with Crippen LogP contribution in [0.25, 0.3) is 0 Å². The zero-order valence-electron chi connectivity index (χ0n) is 11.7. The summed E-state index contributed by atoms with van der Waals surface area (Å²) in [5.74, 6) is 1.36. The molecule has 6 nitrogen and oxygen atoms in total.